The van der Waals surface area contributed by atoms with Gasteiger partial charge >= 0.3 is 0 Å². The Morgan fingerprint density at radius 2 is 1.71 bits per heavy atom. The van der Waals surface area contributed by atoms with E-state index in [-0.39, 0.29) is 0 Å². The molecule has 0 unspecified atom stereocenters. The first-order valence-electron chi connectivity index (χ1n) is 4.84. The van der Waals surface area contributed by atoms with E-state index in [2.05, 4.69) is 30.4 Å². The van der Waals surface area contributed by atoms with Gasteiger partial charge in [0.15, 0.2) is 0 Å². The van der Waals surface area contributed by atoms with Gasteiger partial charge in [-0.3, -0.25) is 0 Å². The maximum atomic E-state index is 7.78. The molecule has 0 amide bonds. The van der Waals surface area contributed by atoms with E-state index in [1.165, 1.54) is 5.56 Å². The van der Waals surface area contributed by atoms with Gasteiger partial charge in [0.05, 0.1) is 0 Å². The molecule has 0 saturated carbocycles. The normalized spacial score (nSPS) is 18.9. The summed E-state index contributed by atoms with van der Waals surface area (Å²) in [5.74, 6) is 0. The zero-order chi connectivity index (χ0) is 9.80. The van der Waals surface area contributed by atoms with Gasteiger partial charge in [0, 0.05) is 12.1 Å². The van der Waals surface area contributed by atoms with Crippen molar-refractivity contribution >= 4 is 11.8 Å². The quantitative estimate of drug-likeness (QED) is 0.645. The largest absolute Gasteiger partial charge is 0.305 e. The smallest absolute Gasteiger partial charge is 0.0386 e. The first kappa shape index (κ1) is 8.95. The topological polar surface area (TPSA) is 23.9 Å². The van der Waals surface area contributed by atoms with Crippen molar-refractivity contribution in [1.29, 1.82) is 5.41 Å². The maximum Gasteiger partial charge on any atom is 0.0386 e. The standard InChI is InChI=1S/C13H13N/c14-13-9-5-4-8-12(13)10-11-6-2-1-3-7-11/h1-7,10,14H,8-9H2. The van der Waals surface area contributed by atoms with E-state index in [0.29, 0.717) is 0 Å². The summed E-state index contributed by atoms with van der Waals surface area (Å²) in [6.07, 6.45) is 7.97. The van der Waals surface area contributed by atoms with Crippen LogP contribution in [0.2, 0.25) is 0 Å². The lowest BCUT2D eigenvalue weighted by Crippen LogP contribution is -2.02. The Kier molecular flexibility index (Phi) is 2.59. The van der Waals surface area contributed by atoms with Gasteiger partial charge < -0.3 is 5.41 Å². The van der Waals surface area contributed by atoms with Crippen molar-refractivity contribution in [2.45, 2.75) is 12.8 Å². The van der Waals surface area contributed by atoms with Crippen molar-refractivity contribution in [2.75, 3.05) is 0 Å². The van der Waals surface area contributed by atoms with Crippen LogP contribution in [0.15, 0.2) is 48.1 Å². The maximum absolute atomic E-state index is 7.78. The van der Waals surface area contributed by atoms with Crippen LogP contribution in [-0.2, 0) is 0 Å². The lowest BCUT2D eigenvalue weighted by atomic mass is 9.97. The highest BCUT2D eigenvalue weighted by molar-refractivity contribution is 6.03. The second-order valence-electron chi connectivity index (χ2n) is 3.44. The average Bonchev–Trinajstić information content (AvgIpc) is 2.23. The number of allylic oxidation sites excluding steroid dienone is 3. The molecule has 14 heavy (non-hydrogen) atoms. The molecule has 1 aromatic rings. The molecule has 70 valence electrons. The van der Waals surface area contributed by atoms with Crippen LogP contribution < -0.4 is 0 Å². The van der Waals surface area contributed by atoms with Crippen LogP contribution in [0.25, 0.3) is 6.08 Å². The summed E-state index contributed by atoms with van der Waals surface area (Å²) < 4.78 is 0. The van der Waals surface area contributed by atoms with Gasteiger partial charge in [0.25, 0.3) is 0 Å². The third-order valence-corrected chi connectivity index (χ3v) is 2.35. The van der Waals surface area contributed by atoms with Gasteiger partial charge in [0.2, 0.25) is 0 Å². The summed E-state index contributed by atoms with van der Waals surface area (Å²) in [5.41, 5.74) is 3.07. The Morgan fingerprint density at radius 3 is 2.43 bits per heavy atom. The minimum Gasteiger partial charge on any atom is -0.305 e. The fraction of sp³-hybridized carbons (Fsp3) is 0.154. The summed E-state index contributed by atoms with van der Waals surface area (Å²) in [4.78, 5) is 0. The fourth-order valence-electron chi connectivity index (χ4n) is 1.56. The zero-order valence-electron chi connectivity index (χ0n) is 8.03. The summed E-state index contributed by atoms with van der Waals surface area (Å²) in [6, 6.07) is 10.2. The summed E-state index contributed by atoms with van der Waals surface area (Å²) in [5, 5.41) is 7.78. The van der Waals surface area contributed by atoms with Crippen LogP contribution in [0.3, 0.4) is 0 Å². The van der Waals surface area contributed by atoms with E-state index < -0.39 is 0 Å². The molecule has 1 aliphatic carbocycles. The minimum absolute atomic E-state index is 0.747. The molecule has 0 aliphatic heterocycles. The van der Waals surface area contributed by atoms with Crippen molar-refractivity contribution in [1.82, 2.24) is 0 Å². The third-order valence-electron chi connectivity index (χ3n) is 2.35. The number of nitrogens with one attached hydrogen (secondary N) is 1. The average molecular weight is 183 g/mol. The number of hydrogen-bond donors (Lipinski definition) is 1. The molecule has 0 aromatic heterocycles. The molecule has 0 spiro atoms. The van der Waals surface area contributed by atoms with Crippen LogP contribution >= 0.6 is 0 Å². The summed E-state index contributed by atoms with van der Waals surface area (Å²) in [7, 11) is 0. The van der Waals surface area contributed by atoms with Gasteiger partial charge in [-0.1, -0.05) is 42.5 Å². The molecular formula is C13H13N. The molecule has 0 atom stereocenters. The Hall–Kier alpha value is -1.63. The minimum atomic E-state index is 0.747. The van der Waals surface area contributed by atoms with Gasteiger partial charge in [-0.15, -0.1) is 0 Å². The third kappa shape index (κ3) is 1.99. The molecule has 1 aliphatic rings. The molecule has 1 heteroatoms. The highest BCUT2D eigenvalue weighted by Gasteiger charge is 2.06. The molecule has 0 saturated heterocycles. The molecule has 0 heterocycles. The number of benzene rings is 1. The summed E-state index contributed by atoms with van der Waals surface area (Å²) >= 11 is 0. The lowest BCUT2D eigenvalue weighted by molar-refractivity contribution is 1.20. The fourth-order valence-corrected chi connectivity index (χ4v) is 1.56. The highest BCUT2D eigenvalue weighted by atomic mass is 14.4. The molecule has 1 N–H and O–H groups in total. The van der Waals surface area contributed by atoms with Gasteiger partial charge in [-0.05, 0) is 23.6 Å². The van der Waals surface area contributed by atoms with E-state index in [1.807, 2.05) is 18.2 Å². The summed E-state index contributed by atoms with van der Waals surface area (Å²) in [6.45, 7) is 0. The first-order chi connectivity index (χ1) is 6.86. The van der Waals surface area contributed by atoms with Crippen molar-refractivity contribution < 1.29 is 0 Å². The Morgan fingerprint density at radius 1 is 1.00 bits per heavy atom. The van der Waals surface area contributed by atoms with E-state index in [1.54, 1.807) is 0 Å². The number of hydrogen-bond acceptors (Lipinski definition) is 1. The van der Waals surface area contributed by atoms with Crippen LogP contribution in [0.4, 0.5) is 0 Å². The molecule has 1 aromatic carbocycles. The van der Waals surface area contributed by atoms with E-state index in [0.717, 1.165) is 24.1 Å². The molecule has 0 bridgehead atoms. The number of rotatable bonds is 1. The Balaban J connectivity index is 2.26. The second kappa shape index (κ2) is 4.05. The van der Waals surface area contributed by atoms with Gasteiger partial charge in [-0.25, -0.2) is 0 Å². The van der Waals surface area contributed by atoms with Crippen molar-refractivity contribution in [3.05, 3.63) is 53.6 Å². The Labute approximate surface area is 84.3 Å². The van der Waals surface area contributed by atoms with Crippen molar-refractivity contribution in [3.8, 4) is 0 Å². The van der Waals surface area contributed by atoms with Crippen molar-refractivity contribution in [2.24, 2.45) is 0 Å². The monoisotopic (exact) mass is 183 g/mol. The van der Waals surface area contributed by atoms with Crippen LogP contribution in [0, 0.1) is 5.41 Å². The van der Waals surface area contributed by atoms with Gasteiger partial charge in [0.1, 0.15) is 0 Å². The molecule has 0 radical (unpaired) electrons. The first-order valence-corrected chi connectivity index (χ1v) is 4.84. The van der Waals surface area contributed by atoms with Crippen molar-refractivity contribution in [3.63, 3.8) is 0 Å². The molecule has 2 rings (SSSR count). The lowest BCUT2D eigenvalue weighted by Gasteiger charge is -2.09. The Bertz CT molecular complexity index is 385. The van der Waals surface area contributed by atoms with Gasteiger partial charge in [-0.2, -0.15) is 0 Å². The highest BCUT2D eigenvalue weighted by Crippen LogP contribution is 2.17. The molecule has 0 fully saturated rings. The predicted octanol–water partition coefficient (Wildman–Crippen LogP) is 3.44. The van der Waals surface area contributed by atoms with E-state index in [4.69, 9.17) is 5.41 Å². The second-order valence-corrected chi connectivity index (χ2v) is 3.44. The molecular weight excluding hydrogens is 170 g/mol. The zero-order valence-corrected chi connectivity index (χ0v) is 8.03. The molecule has 1 nitrogen and oxygen atoms in total. The van der Waals surface area contributed by atoms with Crippen LogP contribution in [-0.4, -0.2) is 5.71 Å². The van der Waals surface area contributed by atoms with Crippen LogP contribution in [0.1, 0.15) is 18.4 Å². The van der Waals surface area contributed by atoms with Crippen LogP contribution in [0.5, 0.6) is 0 Å². The SMILES string of the molecule is N=C1CC=CCC1=Cc1ccccc1. The van der Waals surface area contributed by atoms with E-state index >= 15 is 0 Å². The predicted molar refractivity (Wildman–Crippen MR) is 60.5 cm³/mol. The van der Waals surface area contributed by atoms with E-state index in [9.17, 15) is 0 Å².